The number of fused-ring (bicyclic) bond motifs is 16. The minimum absolute atomic E-state index is 0.194. The quantitative estimate of drug-likeness (QED) is 0.138. The summed E-state index contributed by atoms with van der Waals surface area (Å²) in [6.45, 7) is -4.23. The fourth-order valence-electron chi connectivity index (χ4n) is 18.7. The van der Waals surface area contributed by atoms with Crippen molar-refractivity contribution in [3.05, 3.63) is 383 Å². The molecule has 0 radical (unpaired) electrons. The molecule has 0 spiro atoms. The normalized spacial score (nSPS) is 14.2. The number of aryl methyl sites for hydroxylation is 15. The van der Waals surface area contributed by atoms with Gasteiger partial charge >= 0.3 is 0 Å². The number of hydrogen-bond donors (Lipinski definition) is 0. The van der Waals surface area contributed by atoms with Gasteiger partial charge in [0.05, 0.1) is 49.7 Å². The number of nitrogens with zero attached hydrogens (tertiary/aromatic N) is 8. The van der Waals surface area contributed by atoms with Crippen LogP contribution in [0.5, 0.6) is 0 Å². The summed E-state index contributed by atoms with van der Waals surface area (Å²) in [6, 6.07) is 95.0. The predicted octanol–water partition coefficient (Wildman–Crippen LogP) is 28.6. The number of para-hydroxylation sites is 4. The summed E-state index contributed by atoms with van der Waals surface area (Å²) in [5.74, 6) is 0. The Kier molecular flexibility index (Phi) is 16.1. The van der Waals surface area contributed by atoms with Gasteiger partial charge in [-0.15, -0.1) is 0 Å². The molecule has 0 saturated heterocycles. The van der Waals surface area contributed by atoms with E-state index in [2.05, 4.69) is 53.1 Å². The van der Waals surface area contributed by atoms with E-state index in [1.165, 1.54) is 0 Å². The van der Waals surface area contributed by atoms with Crippen molar-refractivity contribution in [2.75, 3.05) is 0 Å². The standard InChI is InChI=1S/C31H27N2O.C30H25N2O.2C29H23N2O/c1-18-10-9-13-23-15-25-27-19(2)14-20(3)28(30(27)34-31(25)32-29(18)23)26-16-24(21(4)17-33(26)5)22-11-7-6-8-12-22;1-18-14-19(2)28(26-16-23(20(3)17-32(26)4)21-10-6-5-7-11-21)29-27(18)24-15-22-12-8-9-13-25(22)31-30(24)33-29;1-18-13-14-22-24-15-21-11-7-8-12-25(21)30-29(24)32-28(22)27(18)26-16-23(19(2)17-31(26)3)20-9-5-4-6-10-20;1-18-13-14-23-27-19(2)22-11-7-8-12-24(22)30-29(27)32-28(23)26(18)25-17-21(15-16-31(25)3)20-9-5-4-6-10-20/h6-17H,1-5H3;5-17H,1-4H3;2*4-17H,1-3H3/q4*+1/i2D3,4D3;1D3,3D3;2*2D3. The van der Waals surface area contributed by atoms with Crippen LogP contribution in [0.2, 0.25) is 0 Å². The maximum Gasteiger partial charge on any atom is 0.228 e. The van der Waals surface area contributed by atoms with Crippen molar-refractivity contribution in [2.45, 2.75) is 75.7 Å². The van der Waals surface area contributed by atoms with E-state index in [9.17, 15) is 0 Å². The highest BCUT2D eigenvalue weighted by Gasteiger charge is 2.31. The monoisotopic (exact) mass is 1720 g/mol. The summed E-state index contributed by atoms with van der Waals surface area (Å²) in [7, 11) is 7.47. The third-order valence-electron chi connectivity index (χ3n) is 25.2. The molecule has 0 atom stereocenters. The fourth-order valence-corrected chi connectivity index (χ4v) is 18.7. The zero-order valence-corrected chi connectivity index (χ0v) is 73.3. The zero-order valence-electron chi connectivity index (χ0n) is 91.3. The molecule has 0 amide bonds. The molecular weight excluding hydrogens is 1610 g/mol. The van der Waals surface area contributed by atoms with E-state index >= 15 is 0 Å². The summed E-state index contributed by atoms with van der Waals surface area (Å²) in [4.78, 5) is 19.0. The average molecular weight is 1720 g/mol. The van der Waals surface area contributed by atoms with Crippen molar-refractivity contribution < 1.29 is 60.6 Å². The number of furan rings is 4. The van der Waals surface area contributed by atoms with E-state index in [0.29, 0.717) is 133 Å². The van der Waals surface area contributed by atoms with Crippen molar-refractivity contribution in [3.8, 4) is 89.5 Å². The molecule has 12 aromatic heterocycles. The van der Waals surface area contributed by atoms with E-state index in [1.54, 1.807) is 54.0 Å². The molecule has 12 aromatic carbocycles. The summed E-state index contributed by atoms with van der Waals surface area (Å²) < 4.78 is 181. The van der Waals surface area contributed by atoms with Crippen molar-refractivity contribution in [2.24, 2.45) is 28.2 Å². The molecule has 24 aromatic rings. The highest BCUT2D eigenvalue weighted by atomic mass is 16.4. The van der Waals surface area contributed by atoms with Crippen LogP contribution in [0.15, 0.2) is 340 Å². The Balaban J connectivity index is 0.000000116. The number of benzene rings is 12. The van der Waals surface area contributed by atoms with Gasteiger partial charge in [0.2, 0.25) is 45.6 Å². The van der Waals surface area contributed by atoms with Gasteiger partial charge in [-0.3, -0.25) is 0 Å². The molecule has 12 heteroatoms. The van der Waals surface area contributed by atoms with Crippen LogP contribution >= 0.6 is 0 Å². The Morgan fingerprint density at radius 3 is 1.15 bits per heavy atom. The molecule has 0 bridgehead atoms. The molecule has 634 valence electrons. The molecule has 0 unspecified atom stereocenters. The van der Waals surface area contributed by atoms with E-state index < -0.39 is 41.1 Å². The van der Waals surface area contributed by atoms with E-state index in [4.69, 9.17) is 62.3 Å². The second kappa shape index (κ2) is 33.1. The van der Waals surface area contributed by atoms with Crippen LogP contribution in [0.1, 0.15) is 85.9 Å². The van der Waals surface area contributed by atoms with Crippen LogP contribution in [-0.4, -0.2) is 19.9 Å². The first kappa shape index (κ1) is 63.9. The number of rotatable bonds is 8. The second-order valence-electron chi connectivity index (χ2n) is 33.7. The Labute approximate surface area is 785 Å². The molecule has 0 N–H and O–H groups in total. The molecule has 12 heterocycles. The van der Waals surface area contributed by atoms with Gasteiger partial charge in [0.25, 0.3) is 0 Å². The number of aromatic nitrogens is 8. The van der Waals surface area contributed by atoms with Gasteiger partial charge in [0.15, 0.2) is 47.1 Å². The van der Waals surface area contributed by atoms with Crippen LogP contribution in [0.25, 0.3) is 221 Å². The second-order valence-corrected chi connectivity index (χ2v) is 33.7. The number of hydrogen-bond acceptors (Lipinski definition) is 8. The van der Waals surface area contributed by atoms with E-state index in [-0.39, 0.29) is 27.8 Å². The number of pyridine rings is 8. The maximum absolute atomic E-state index is 8.33. The Morgan fingerprint density at radius 2 is 0.641 bits per heavy atom. The third kappa shape index (κ3) is 14.5. The zero-order chi connectivity index (χ0) is 105. The Bertz CT molecular complexity index is 9550. The average Bonchev–Trinajstić information content (AvgIpc) is 1.56. The van der Waals surface area contributed by atoms with Gasteiger partial charge in [0.1, 0.15) is 28.2 Å². The lowest BCUT2D eigenvalue weighted by molar-refractivity contribution is -0.660. The van der Waals surface area contributed by atoms with Crippen LogP contribution in [0, 0.1) is 75.7 Å². The highest BCUT2D eigenvalue weighted by molar-refractivity contribution is 6.17. The van der Waals surface area contributed by atoms with Gasteiger partial charge in [0, 0.05) is 131 Å². The molecule has 0 fully saturated rings. The van der Waals surface area contributed by atoms with Crippen molar-refractivity contribution in [3.63, 3.8) is 0 Å². The van der Waals surface area contributed by atoms with Crippen molar-refractivity contribution >= 4 is 132 Å². The summed E-state index contributed by atoms with van der Waals surface area (Å²) in [6.07, 6.45) is 7.02. The molecular formula is C119H98N8O4+4. The van der Waals surface area contributed by atoms with E-state index in [0.717, 1.165) is 121 Å². The first-order chi connectivity index (χ1) is 70.9. The summed E-state index contributed by atoms with van der Waals surface area (Å²) in [5, 5.41) is 8.97. The topological polar surface area (TPSA) is 120 Å². The van der Waals surface area contributed by atoms with Gasteiger partial charge < -0.3 is 17.7 Å². The lowest BCUT2D eigenvalue weighted by Gasteiger charge is -2.11. The minimum Gasteiger partial charge on any atom is -0.437 e. The fraction of sp³-hybridized carbons (Fsp3) is 0.126. The van der Waals surface area contributed by atoms with Crippen LogP contribution < -0.4 is 18.3 Å². The van der Waals surface area contributed by atoms with Crippen LogP contribution in [0.4, 0.5) is 0 Å². The van der Waals surface area contributed by atoms with Crippen LogP contribution in [0.3, 0.4) is 0 Å². The Morgan fingerprint density at radius 1 is 0.244 bits per heavy atom. The van der Waals surface area contributed by atoms with Crippen LogP contribution in [-0.2, 0) is 28.2 Å². The molecule has 24 rings (SSSR count). The molecule has 12 nitrogen and oxygen atoms in total. The van der Waals surface area contributed by atoms with Crippen molar-refractivity contribution in [1.82, 2.24) is 19.9 Å². The minimum atomic E-state index is -2.39. The van der Waals surface area contributed by atoms with Gasteiger partial charge in [-0.2, -0.15) is 0 Å². The van der Waals surface area contributed by atoms with Gasteiger partial charge in [-0.25, -0.2) is 38.2 Å². The lowest BCUT2D eigenvalue weighted by Crippen LogP contribution is -2.31. The van der Waals surface area contributed by atoms with Gasteiger partial charge in [-0.05, 0) is 201 Å². The van der Waals surface area contributed by atoms with E-state index in [1.807, 2.05) is 296 Å². The molecule has 0 saturated carbocycles. The molecule has 131 heavy (non-hydrogen) atoms. The van der Waals surface area contributed by atoms with Gasteiger partial charge in [-0.1, -0.05) is 231 Å². The molecule has 0 aliphatic carbocycles. The SMILES string of the molecule is [2H]C([2H])([2H])c1c2ccccc2nc2oc3c(-c4cc(-c5ccccc5)cc[n+]4C)c(C)ccc3c12.[2H]C([2H])([2H])c1c[n+](C)c(-c2c(C)cc(C([2H])([2H])[2H])c3c2oc2nc4c(C)cccc4cc23)cc1-c1ccccc1.[2H]C([2H])([2H])c1c[n+](C)c(-c2c(C)cc(C([2H])([2H])[2H])c3c2oc2nc4ccccc4cc23)cc1-c1ccccc1.[2H]C([2H])([2H])c1c[n+](C)c(-c2c(C)ccc3c2oc2nc4ccccc4cc23)cc1-c1ccccc1. The maximum atomic E-state index is 8.33. The predicted molar refractivity (Wildman–Crippen MR) is 536 cm³/mol. The summed E-state index contributed by atoms with van der Waals surface area (Å²) in [5.41, 5.74) is 25.8. The first-order valence-electron chi connectivity index (χ1n) is 52.3. The van der Waals surface area contributed by atoms with Crippen molar-refractivity contribution in [1.29, 1.82) is 0 Å². The summed E-state index contributed by atoms with van der Waals surface area (Å²) >= 11 is 0. The Hall–Kier alpha value is -15.9. The smallest absolute Gasteiger partial charge is 0.228 e. The third-order valence-corrected chi connectivity index (χ3v) is 25.2. The first-order valence-corrected chi connectivity index (χ1v) is 43.3. The molecule has 0 aliphatic rings. The largest absolute Gasteiger partial charge is 0.437 e. The lowest BCUT2D eigenvalue weighted by atomic mass is 9.94. The highest BCUT2D eigenvalue weighted by Crippen LogP contribution is 2.47. The molecule has 0 aliphatic heterocycles.